The average molecular weight is 433 g/mol. The number of carbonyl (C=O) groups excluding carboxylic acids is 1. The van der Waals surface area contributed by atoms with Gasteiger partial charge in [0, 0.05) is 30.9 Å². The molecule has 0 aliphatic carbocycles. The Balaban J connectivity index is 2.18. The van der Waals surface area contributed by atoms with Crippen molar-refractivity contribution in [2.24, 2.45) is 7.05 Å². The summed E-state index contributed by atoms with van der Waals surface area (Å²) >= 11 is 6.57. The first kappa shape index (κ1) is 20.1. The number of alkyl halides is 4. The molecule has 7 nitrogen and oxygen atoms in total. The first-order valence-corrected chi connectivity index (χ1v) is 9.10. The number of nitrogens with zero attached hydrogens (tertiary/aromatic N) is 3. The molecule has 3 rings (SSSR count). The van der Waals surface area contributed by atoms with Gasteiger partial charge < -0.3 is 5.32 Å². The molecule has 3 aromatic rings. The molecule has 0 saturated heterocycles. The quantitative estimate of drug-likeness (QED) is 0.640. The second kappa shape index (κ2) is 7.40. The topological polar surface area (TPSA) is 86.0 Å². The zero-order valence-corrected chi connectivity index (χ0v) is 15.8. The molecule has 1 amide bonds. The fraction of sp³-hybridized carbons (Fsp3) is 0.250. The van der Waals surface area contributed by atoms with E-state index < -0.39 is 29.0 Å². The Morgan fingerprint density at radius 2 is 2.00 bits per heavy atom. The lowest BCUT2D eigenvalue weighted by atomic mass is 10.2. The summed E-state index contributed by atoms with van der Waals surface area (Å²) in [6.45, 7) is 0.220. The van der Waals surface area contributed by atoms with Gasteiger partial charge in [0.2, 0.25) is 0 Å². The third kappa shape index (κ3) is 3.54. The summed E-state index contributed by atoms with van der Waals surface area (Å²) in [5, 5.41) is 2.92. The van der Waals surface area contributed by atoms with Crippen molar-refractivity contribution < 1.29 is 18.0 Å². The molecule has 12 heteroatoms. The van der Waals surface area contributed by atoms with Crippen molar-refractivity contribution in [3.8, 4) is 5.69 Å². The number of fused-ring (bicyclic) bond motifs is 1. The molecule has 2 heterocycles. The van der Waals surface area contributed by atoms with Gasteiger partial charge >= 0.3 is 11.9 Å². The van der Waals surface area contributed by atoms with Crippen LogP contribution in [0.15, 0.2) is 33.9 Å². The van der Waals surface area contributed by atoms with E-state index in [1.165, 1.54) is 18.2 Å². The molecule has 0 radical (unpaired) electrons. The maximum atomic E-state index is 13.0. The van der Waals surface area contributed by atoms with Crippen LogP contribution in [0.25, 0.3) is 15.8 Å². The van der Waals surface area contributed by atoms with Crippen molar-refractivity contribution in [1.29, 1.82) is 0 Å². The zero-order chi connectivity index (χ0) is 20.6. The van der Waals surface area contributed by atoms with Crippen LogP contribution in [-0.4, -0.2) is 31.8 Å². The van der Waals surface area contributed by atoms with E-state index in [1.54, 1.807) is 0 Å². The number of nitrogens with one attached hydrogen (secondary N) is 1. The fourth-order valence-corrected chi connectivity index (χ4v) is 3.46. The van der Waals surface area contributed by atoms with E-state index in [4.69, 9.17) is 11.6 Å². The van der Waals surface area contributed by atoms with Crippen LogP contribution in [-0.2, 0) is 13.2 Å². The van der Waals surface area contributed by atoms with Gasteiger partial charge in [0.15, 0.2) is 0 Å². The predicted octanol–water partition coefficient (Wildman–Crippen LogP) is 2.13. The van der Waals surface area contributed by atoms with E-state index in [-0.39, 0.29) is 23.8 Å². The lowest BCUT2D eigenvalue weighted by Crippen LogP contribution is -2.40. The maximum Gasteiger partial charge on any atom is 0.431 e. The largest absolute Gasteiger partial charge is 0.431 e. The molecule has 0 unspecified atom stereocenters. The first-order valence-electron chi connectivity index (χ1n) is 7.79. The highest BCUT2D eigenvalue weighted by atomic mass is 35.5. The van der Waals surface area contributed by atoms with Crippen LogP contribution in [0.2, 0.25) is 0 Å². The standard InChI is InChI=1S/C16H12ClF3N4O3S/c1-23-11(16(18,19)20)7-12(25)24(15(23)27)8-2-3-10-9(6-8)13(22-28-10)14(26)21-5-4-17/h2-3,6-7H,4-5H2,1H3,(H,21,26). The number of carbonyl (C=O) groups is 1. The van der Waals surface area contributed by atoms with Crippen LogP contribution >= 0.6 is 23.1 Å². The Morgan fingerprint density at radius 1 is 1.29 bits per heavy atom. The van der Waals surface area contributed by atoms with Crippen molar-refractivity contribution >= 4 is 39.1 Å². The Kier molecular flexibility index (Phi) is 5.31. The van der Waals surface area contributed by atoms with Crippen molar-refractivity contribution in [1.82, 2.24) is 18.8 Å². The van der Waals surface area contributed by atoms with E-state index in [2.05, 4.69) is 9.69 Å². The summed E-state index contributed by atoms with van der Waals surface area (Å²) in [7, 11) is 0.927. The van der Waals surface area contributed by atoms with Crippen molar-refractivity contribution in [3.63, 3.8) is 0 Å². The highest BCUT2D eigenvalue weighted by Gasteiger charge is 2.35. The minimum absolute atomic E-state index is 0.0263. The molecule has 1 N–H and O–H groups in total. The van der Waals surface area contributed by atoms with Gasteiger partial charge in [-0.25, -0.2) is 9.36 Å². The van der Waals surface area contributed by atoms with Gasteiger partial charge in [-0.15, -0.1) is 11.6 Å². The van der Waals surface area contributed by atoms with Gasteiger partial charge in [-0.3, -0.25) is 14.2 Å². The lowest BCUT2D eigenvalue weighted by Gasteiger charge is -2.14. The minimum Gasteiger partial charge on any atom is -0.349 e. The fourth-order valence-electron chi connectivity index (χ4n) is 2.61. The molecule has 2 aromatic heterocycles. The molecular formula is C16H12ClF3N4O3S. The van der Waals surface area contributed by atoms with Crippen LogP contribution in [0.5, 0.6) is 0 Å². The van der Waals surface area contributed by atoms with Gasteiger partial charge in [-0.1, -0.05) is 0 Å². The van der Waals surface area contributed by atoms with E-state index in [0.717, 1.165) is 18.6 Å². The molecule has 0 aliphatic heterocycles. The number of amides is 1. The van der Waals surface area contributed by atoms with Gasteiger partial charge in [0.25, 0.3) is 11.5 Å². The smallest absolute Gasteiger partial charge is 0.349 e. The summed E-state index contributed by atoms with van der Waals surface area (Å²) in [4.78, 5) is 36.8. The highest BCUT2D eigenvalue weighted by molar-refractivity contribution is 7.13. The first-order chi connectivity index (χ1) is 13.1. The van der Waals surface area contributed by atoms with Crippen molar-refractivity contribution in [3.05, 3.63) is 56.5 Å². The molecule has 148 valence electrons. The number of benzene rings is 1. The van der Waals surface area contributed by atoms with Crippen LogP contribution in [0.1, 0.15) is 16.2 Å². The Hall–Kier alpha value is -2.66. The lowest BCUT2D eigenvalue weighted by molar-refractivity contribution is -0.144. The van der Waals surface area contributed by atoms with Gasteiger partial charge in [-0.05, 0) is 29.7 Å². The third-order valence-electron chi connectivity index (χ3n) is 3.92. The van der Waals surface area contributed by atoms with E-state index >= 15 is 0 Å². The molecule has 0 fully saturated rings. The molecule has 0 aliphatic rings. The molecule has 0 atom stereocenters. The summed E-state index contributed by atoms with van der Waals surface area (Å²) in [6.07, 6.45) is -4.85. The molecule has 0 saturated carbocycles. The Labute approximate surface area is 164 Å². The van der Waals surface area contributed by atoms with E-state index in [1.807, 2.05) is 0 Å². The van der Waals surface area contributed by atoms with Crippen LogP contribution in [0.4, 0.5) is 13.2 Å². The average Bonchev–Trinajstić information content (AvgIpc) is 3.05. The molecule has 28 heavy (non-hydrogen) atoms. The summed E-state index contributed by atoms with van der Waals surface area (Å²) in [6, 6.07) is 4.65. The predicted molar refractivity (Wildman–Crippen MR) is 98.5 cm³/mol. The van der Waals surface area contributed by atoms with Crippen molar-refractivity contribution in [2.45, 2.75) is 6.18 Å². The second-order valence-corrected chi connectivity index (χ2v) is 6.88. The number of aromatic nitrogens is 3. The summed E-state index contributed by atoms with van der Waals surface area (Å²) < 4.78 is 44.6. The molecule has 0 spiro atoms. The van der Waals surface area contributed by atoms with E-state index in [0.29, 0.717) is 25.3 Å². The zero-order valence-electron chi connectivity index (χ0n) is 14.2. The molecular weight excluding hydrogens is 421 g/mol. The SMILES string of the molecule is Cn1c(C(F)(F)F)cc(=O)n(-c2ccc3snc(C(=O)NCCCl)c3c2)c1=O. The molecule has 1 aromatic carbocycles. The second-order valence-electron chi connectivity index (χ2n) is 5.70. The maximum absolute atomic E-state index is 13.0. The number of rotatable bonds is 4. The molecule has 0 bridgehead atoms. The number of hydrogen-bond donors (Lipinski definition) is 1. The van der Waals surface area contributed by atoms with Gasteiger partial charge in [0.05, 0.1) is 10.4 Å². The Morgan fingerprint density at radius 3 is 2.64 bits per heavy atom. The van der Waals surface area contributed by atoms with Crippen LogP contribution < -0.4 is 16.6 Å². The summed E-state index contributed by atoms with van der Waals surface area (Å²) in [5.74, 6) is -0.285. The monoisotopic (exact) mass is 432 g/mol. The van der Waals surface area contributed by atoms with Gasteiger partial charge in [-0.2, -0.15) is 17.5 Å². The number of hydrogen-bond acceptors (Lipinski definition) is 5. The minimum atomic E-state index is -4.85. The number of halogens is 4. The third-order valence-corrected chi connectivity index (χ3v) is 4.93. The normalized spacial score (nSPS) is 11.8. The van der Waals surface area contributed by atoms with E-state index in [9.17, 15) is 27.6 Å². The van der Waals surface area contributed by atoms with Crippen LogP contribution in [0, 0.1) is 0 Å². The van der Waals surface area contributed by atoms with Crippen LogP contribution in [0.3, 0.4) is 0 Å². The van der Waals surface area contributed by atoms with Gasteiger partial charge in [0.1, 0.15) is 11.4 Å². The highest BCUT2D eigenvalue weighted by Crippen LogP contribution is 2.28. The Bertz CT molecular complexity index is 1180. The summed E-state index contributed by atoms with van der Waals surface area (Å²) in [5.41, 5.74) is -3.54. The van der Waals surface area contributed by atoms with Crippen molar-refractivity contribution in [2.75, 3.05) is 12.4 Å².